The Hall–Kier alpha value is -4.24. The van der Waals surface area contributed by atoms with Crippen LogP contribution in [0.5, 0.6) is 0 Å². The molecule has 55 heavy (non-hydrogen) atoms. The van der Waals surface area contributed by atoms with Crippen molar-refractivity contribution in [3.05, 3.63) is 72.3 Å². The number of nitrogens with zero attached hydrogens (tertiary/aromatic N) is 6. The van der Waals surface area contributed by atoms with Crippen molar-refractivity contribution in [3.8, 4) is 0 Å². The van der Waals surface area contributed by atoms with Crippen LogP contribution < -0.4 is 10.2 Å². The van der Waals surface area contributed by atoms with Gasteiger partial charge in [-0.1, -0.05) is 23.8 Å². The van der Waals surface area contributed by atoms with E-state index >= 15 is 4.39 Å². The highest BCUT2D eigenvalue weighted by Crippen LogP contribution is 2.51. The molecule has 1 aliphatic carbocycles. The summed E-state index contributed by atoms with van der Waals surface area (Å²) in [4.78, 5) is 31.3. The van der Waals surface area contributed by atoms with Crippen molar-refractivity contribution in [1.82, 2.24) is 30.1 Å². The van der Waals surface area contributed by atoms with E-state index in [2.05, 4.69) is 25.4 Å². The summed E-state index contributed by atoms with van der Waals surface area (Å²) in [7, 11) is -2.18. The lowest BCUT2D eigenvalue weighted by molar-refractivity contribution is 0.0139. The first-order valence-corrected chi connectivity index (χ1v) is 21.0. The van der Waals surface area contributed by atoms with Gasteiger partial charge in [-0.15, -0.1) is 5.10 Å². The summed E-state index contributed by atoms with van der Waals surface area (Å²) >= 11 is 0. The highest BCUT2D eigenvalue weighted by atomic mass is 32.2. The number of halogens is 1. The van der Waals surface area contributed by atoms with Gasteiger partial charge in [0.2, 0.25) is 0 Å². The highest BCUT2D eigenvalue weighted by Gasteiger charge is 2.52. The number of likely N-dealkylation sites (tertiary alicyclic amines) is 2. The molecule has 298 valence electrons. The molecule has 3 aromatic rings. The molecule has 0 radical (unpaired) electrons. The van der Waals surface area contributed by atoms with Gasteiger partial charge in [-0.25, -0.2) is 22.4 Å². The Morgan fingerprint density at radius 2 is 1.71 bits per heavy atom. The Kier molecular flexibility index (Phi) is 11.1. The Labute approximate surface area is 323 Å². The van der Waals surface area contributed by atoms with Crippen molar-refractivity contribution < 1.29 is 31.9 Å². The lowest BCUT2D eigenvalue weighted by atomic mass is 9.58. The first-order chi connectivity index (χ1) is 26.2. The van der Waals surface area contributed by atoms with E-state index in [1.807, 2.05) is 29.1 Å². The predicted octanol–water partition coefficient (Wildman–Crippen LogP) is 5.12. The summed E-state index contributed by atoms with van der Waals surface area (Å²) in [5.41, 5.74) is 0.812. The summed E-state index contributed by atoms with van der Waals surface area (Å²) in [6.07, 6.45) is 7.15. The van der Waals surface area contributed by atoms with Crippen molar-refractivity contribution >= 4 is 27.7 Å². The minimum Gasteiger partial charge on any atom is -0.453 e. The van der Waals surface area contributed by atoms with Crippen molar-refractivity contribution in [2.75, 3.05) is 57.8 Å². The van der Waals surface area contributed by atoms with Crippen LogP contribution in [0.1, 0.15) is 58.4 Å². The van der Waals surface area contributed by atoms with E-state index < -0.39 is 38.3 Å². The van der Waals surface area contributed by atoms with Crippen molar-refractivity contribution in [2.24, 2.45) is 17.8 Å². The molecule has 7 rings (SSSR count). The second-order valence-electron chi connectivity index (χ2n) is 16.8. The lowest BCUT2D eigenvalue weighted by Crippen LogP contribution is -2.57. The summed E-state index contributed by atoms with van der Waals surface area (Å²) in [5, 5.41) is 11.0. The monoisotopic (exact) mass is 779 g/mol. The van der Waals surface area contributed by atoms with Gasteiger partial charge in [0, 0.05) is 62.0 Å². The molecule has 4 aliphatic rings. The van der Waals surface area contributed by atoms with Crippen LogP contribution in [0.25, 0.3) is 0 Å². The molecule has 4 fully saturated rings. The summed E-state index contributed by atoms with van der Waals surface area (Å²) in [6.45, 7) is 10.7. The summed E-state index contributed by atoms with van der Waals surface area (Å²) in [6, 6.07) is 14.0. The maximum Gasteiger partial charge on any atom is 0.410 e. The molecule has 1 aromatic heterocycles. The fourth-order valence-electron chi connectivity index (χ4n) is 9.45. The SMILES string of the molecule is COC(=O)N[C@H]1CCC[C@@H]1C(Cn1ccnn1)(c1cccc(F)c1)C1CCN(CC2CN(c3ccc(S(=O)(=O)C4CN(C(=O)OC(C)(C)C)C4)cc3)C2)CC1. The van der Waals surface area contributed by atoms with Gasteiger partial charge in [0.15, 0.2) is 9.84 Å². The number of carbonyl (C=O) groups excluding carboxylic acids is 2. The molecule has 2 aromatic carbocycles. The number of hydrogen-bond donors (Lipinski definition) is 1. The van der Waals surface area contributed by atoms with E-state index in [0.29, 0.717) is 12.5 Å². The number of amides is 2. The predicted molar refractivity (Wildman–Crippen MR) is 205 cm³/mol. The van der Waals surface area contributed by atoms with Crippen molar-refractivity contribution in [3.63, 3.8) is 0 Å². The van der Waals surface area contributed by atoms with E-state index in [4.69, 9.17) is 9.47 Å². The Balaban J connectivity index is 0.971. The van der Waals surface area contributed by atoms with Crippen LogP contribution in [0.4, 0.5) is 19.7 Å². The fraction of sp³-hybridized carbons (Fsp3) is 0.600. The van der Waals surface area contributed by atoms with Crippen LogP contribution in [0, 0.1) is 23.6 Å². The van der Waals surface area contributed by atoms with Gasteiger partial charge in [-0.2, -0.15) is 0 Å². The van der Waals surface area contributed by atoms with E-state index in [1.165, 1.54) is 18.1 Å². The Morgan fingerprint density at radius 1 is 0.982 bits per heavy atom. The van der Waals surface area contributed by atoms with Crippen LogP contribution in [-0.2, 0) is 31.3 Å². The number of sulfone groups is 1. The van der Waals surface area contributed by atoms with Gasteiger partial charge in [-0.3, -0.25) is 4.68 Å². The molecule has 1 saturated carbocycles. The van der Waals surface area contributed by atoms with Crippen LogP contribution in [-0.4, -0.2) is 115 Å². The van der Waals surface area contributed by atoms with Crippen LogP contribution >= 0.6 is 0 Å². The van der Waals surface area contributed by atoms with Crippen molar-refractivity contribution in [2.45, 2.75) is 86.6 Å². The number of methoxy groups -OCH3 is 1. The van der Waals surface area contributed by atoms with E-state index in [0.717, 1.165) is 76.1 Å². The number of ether oxygens (including phenoxy) is 2. The number of rotatable bonds is 11. The van der Waals surface area contributed by atoms with Gasteiger partial charge < -0.3 is 29.5 Å². The topological polar surface area (TPSA) is 139 Å². The van der Waals surface area contributed by atoms with Crippen LogP contribution in [0.3, 0.4) is 0 Å². The standard InChI is InChI=1S/C40H54FN7O6S/c1-39(2,3)54-38(50)47-25-34(26-47)55(51,52)33-13-11-32(12-14-33)46-23-28(24-46)22-45-18-15-29(16-19-45)40(27-48-20-17-42-44-48,30-7-5-8-31(41)21-30)35-9-6-10-36(35)43-37(49)53-4/h5,7-8,11-14,17,20-21,28-29,34-36H,6,9-10,15-16,18-19,22-27H2,1-4H3,(H,43,49)/t35-,36-,40?/m0/s1. The average molecular weight is 780 g/mol. The largest absolute Gasteiger partial charge is 0.453 e. The summed E-state index contributed by atoms with van der Waals surface area (Å²) in [5.74, 6) is 0.480. The molecule has 1 unspecified atom stereocenters. The third-order valence-electron chi connectivity index (χ3n) is 12.2. The first-order valence-electron chi connectivity index (χ1n) is 19.5. The molecule has 15 heteroatoms. The maximum absolute atomic E-state index is 15.0. The molecule has 2 amide bonds. The zero-order valence-electron chi connectivity index (χ0n) is 32.3. The van der Waals surface area contributed by atoms with Crippen LogP contribution in [0.15, 0.2) is 65.8 Å². The molecule has 4 heterocycles. The molecule has 3 saturated heterocycles. The number of aromatic nitrogens is 3. The smallest absolute Gasteiger partial charge is 0.410 e. The van der Waals surface area contributed by atoms with E-state index in [9.17, 15) is 18.0 Å². The molecular formula is C40H54FN7O6S. The number of alkyl carbamates (subject to hydrolysis) is 1. The maximum atomic E-state index is 15.0. The van der Waals surface area contributed by atoms with E-state index in [1.54, 1.807) is 51.2 Å². The average Bonchev–Trinajstić information content (AvgIpc) is 3.80. The van der Waals surface area contributed by atoms with Gasteiger partial charge >= 0.3 is 12.2 Å². The quantitative estimate of drug-likeness (QED) is 0.279. The third-order valence-corrected chi connectivity index (χ3v) is 14.3. The highest BCUT2D eigenvalue weighted by molar-refractivity contribution is 7.92. The van der Waals surface area contributed by atoms with Gasteiger partial charge in [0.1, 0.15) is 16.7 Å². The van der Waals surface area contributed by atoms with Gasteiger partial charge in [-0.05, 0) is 113 Å². The number of carbonyl (C=O) groups is 2. The number of piperidine rings is 1. The van der Waals surface area contributed by atoms with E-state index in [-0.39, 0.29) is 41.7 Å². The zero-order valence-corrected chi connectivity index (χ0v) is 33.1. The Morgan fingerprint density at radius 3 is 2.35 bits per heavy atom. The zero-order chi connectivity index (χ0) is 39.0. The molecule has 13 nitrogen and oxygen atoms in total. The molecule has 1 N–H and O–H groups in total. The third kappa shape index (κ3) is 8.33. The lowest BCUT2D eigenvalue weighted by Gasteiger charge is -2.51. The Bertz CT molecular complexity index is 1900. The van der Waals surface area contributed by atoms with Gasteiger partial charge in [0.25, 0.3) is 0 Å². The van der Waals surface area contributed by atoms with Gasteiger partial charge in [0.05, 0.1) is 24.7 Å². The minimum absolute atomic E-state index is 0.0522. The fourth-order valence-corrected chi connectivity index (χ4v) is 11.1. The van der Waals surface area contributed by atoms with Crippen molar-refractivity contribution in [1.29, 1.82) is 0 Å². The number of hydrogen-bond acceptors (Lipinski definition) is 10. The molecular weight excluding hydrogens is 726 g/mol. The second kappa shape index (κ2) is 15.7. The molecule has 0 spiro atoms. The molecule has 0 bridgehead atoms. The normalized spacial score (nSPS) is 22.8. The molecule has 3 aliphatic heterocycles. The second-order valence-corrected chi connectivity index (χ2v) is 19.1. The number of nitrogens with one attached hydrogen (secondary N) is 1. The summed E-state index contributed by atoms with van der Waals surface area (Å²) < 4.78 is 53.8. The first kappa shape index (κ1) is 39.0. The number of benzene rings is 2. The minimum atomic E-state index is -3.56. The van der Waals surface area contributed by atoms with Crippen LogP contribution in [0.2, 0.25) is 0 Å². The number of anilines is 1. The molecule has 3 atom stereocenters.